The number of nitrogens with zero attached hydrogens (tertiary/aromatic N) is 3. The number of aromatic nitrogens is 2. The van der Waals surface area contributed by atoms with Gasteiger partial charge in [-0.1, -0.05) is 6.92 Å². The Hall–Kier alpha value is -2.58. The monoisotopic (exact) mass is 505 g/mol. The number of rotatable bonds is 7. The highest BCUT2D eigenvalue weighted by molar-refractivity contribution is 5.88. The Labute approximate surface area is 214 Å². The van der Waals surface area contributed by atoms with E-state index in [9.17, 15) is 19.5 Å². The van der Waals surface area contributed by atoms with Crippen LogP contribution in [0.15, 0.2) is 12.5 Å². The minimum atomic E-state index is -1.00. The van der Waals surface area contributed by atoms with E-state index in [1.54, 1.807) is 47.9 Å². The topological polar surface area (TPSA) is 111 Å². The molecule has 2 fully saturated rings. The van der Waals surface area contributed by atoms with Crippen LogP contribution in [0.2, 0.25) is 0 Å². The fraction of sp³-hybridized carbons (Fsp3) is 0.778. The lowest BCUT2D eigenvalue weighted by Gasteiger charge is -2.28. The van der Waals surface area contributed by atoms with Crippen LogP contribution in [0.5, 0.6) is 0 Å². The second kappa shape index (κ2) is 10.4. The summed E-state index contributed by atoms with van der Waals surface area (Å²) < 4.78 is 12.9. The molecule has 0 aliphatic heterocycles. The minimum absolute atomic E-state index is 0.0880. The number of hydrogen-bond donors (Lipinski definition) is 1. The van der Waals surface area contributed by atoms with E-state index in [0.29, 0.717) is 31.0 Å². The van der Waals surface area contributed by atoms with Gasteiger partial charge in [-0.05, 0) is 98.3 Å². The largest absolute Gasteiger partial charge is 0.481 e. The summed E-state index contributed by atoms with van der Waals surface area (Å²) in [4.78, 5) is 43.2. The maximum atomic E-state index is 12.7. The van der Waals surface area contributed by atoms with Crippen molar-refractivity contribution in [2.75, 3.05) is 6.54 Å². The molecule has 2 amide bonds. The lowest BCUT2D eigenvalue weighted by Crippen LogP contribution is -2.44. The zero-order chi connectivity index (χ0) is 26.9. The maximum Gasteiger partial charge on any atom is 0.419 e. The molecule has 202 valence electrons. The summed E-state index contributed by atoms with van der Waals surface area (Å²) in [6.07, 6.45) is 8.19. The number of carbonyl (C=O) groups is 3. The third kappa shape index (κ3) is 6.79. The van der Waals surface area contributed by atoms with Crippen molar-refractivity contribution >= 4 is 18.2 Å². The van der Waals surface area contributed by atoms with Gasteiger partial charge in [0.15, 0.2) is 0 Å². The molecule has 9 heteroatoms. The highest BCUT2D eigenvalue weighted by atomic mass is 16.6. The molecular formula is C27H43N3O6. The molecular weight excluding hydrogens is 462 g/mol. The van der Waals surface area contributed by atoms with Crippen molar-refractivity contribution in [3.8, 4) is 0 Å². The van der Waals surface area contributed by atoms with Gasteiger partial charge in [0.25, 0.3) is 0 Å². The van der Waals surface area contributed by atoms with Gasteiger partial charge >= 0.3 is 18.2 Å². The Balaban J connectivity index is 1.64. The second-order valence-electron chi connectivity index (χ2n) is 12.6. The van der Waals surface area contributed by atoms with Gasteiger partial charge in [-0.15, -0.1) is 0 Å². The number of carboxylic acid groups (broad SMARTS) is 1. The molecule has 0 aromatic carbocycles. The van der Waals surface area contributed by atoms with Crippen LogP contribution in [0.3, 0.4) is 0 Å². The lowest BCUT2D eigenvalue weighted by atomic mass is 9.87. The molecule has 1 aromatic heterocycles. The maximum absolute atomic E-state index is 12.7. The van der Waals surface area contributed by atoms with E-state index in [2.05, 4.69) is 16.5 Å². The molecule has 1 heterocycles. The molecule has 0 unspecified atom stereocenters. The van der Waals surface area contributed by atoms with Crippen LogP contribution in [0, 0.1) is 11.8 Å². The first kappa shape index (κ1) is 28.0. The van der Waals surface area contributed by atoms with Crippen molar-refractivity contribution in [3.63, 3.8) is 0 Å². The van der Waals surface area contributed by atoms with E-state index >= 15 is 0 Å². The van der Waals surface area contributed by atoms with Crippen LogP contribution >= 0.6 is 0 Å². The minimum Gasteiger partial charge on any atom is -0.481 e. The number of carbonyl (C=O) groups excluding carboxylic acids is 2. The number of amides is 2. The summed E-state index contributed by atoms with van der Waals surface area (Å²) >= 11 is 0. The van der Waals surface area contributed by atoms with Gasteiger partial charge in [0, 0.05) is 18.8 Å². The Bertz CT molecular complexity index is 923. The van der Waals surface area contributed by atoms with Gasteiger partial charge in [-0.2, -0.15) is 0 Å². The van der Waals surface area contributed by atoms with Crippen LogP contribution in [0.1, 0.15) is 105 Å². The van der Waals surface area contributed by atoms with Gasteiger partial charge in [0.2, 0.25) is 0 Å². The van der Waals surface area contributed by atoms with E-state index < -0.39 is 34.8 Å². The number of carboxylic acids is 1. The van der Waals surface area contributed by atoms with Crippen LogP contribution in [-0.2, 0) is 19.7 Å². The Morgan fingerprint density at radius 1 is 1.06 bits per heavy atom. The van der Waals surface area contributed by atoms with Crippen molar-refractivity contribution < 1.29 is 29.0 Å². The van der Waals surface area contributed by atoms with Gasteiger partial charge in [-0.3, -0.25) is 4.79 Å². The number of imidazole rings is 1. The van der Waals surface area contributed by atoms with E-state index in [-0.39, 0.29) is 12.5 Å². The molecule has 0 saturated heterocycles. The zero-order valence-corrected chi connectivity index (χ0v) is 22.9. The molecule has 0 bridgehead atoms. The Morgan fingerprint density at radius 3 is 2.11 bits per heavy atom. The summed E-state index contributed by atoms with van der Waals surface area (Å²) in [5, 5.41) is 10.1. The first-order valence-corrected chi connectivity index (χ1v) is 13.1. The van der Waals surface area contributed by atoms with Gasteiger partial charge in [0.05, 0.1) is 12.0 Å². The van der Waals surface area contributed by atoms with Crippen molar-refractivity contribution in [1.29, 1.82) is 0 Å². The van der Waals surface area contributed by atoms with Crippen molar-refractivity contribution in [3.05, 3.63) is 18.2 Å². The average molecular weight is 506 g/mol. The first-order valence-electron chi connectivity index (χ1n) is 13.1. The number of aliphatic carboxylic acids is 1. The molecule has 1 aromatic rings. The molecule has 3 rings (SSSR count). The average Bonchev–Trinajstić information content (AvgIpc) is 3.25. The van der Waals surface area contributed by atoms with E-state index in [1.807, 2.05) is 6.20 Å². The van der Waals surface area contributed by atoms with Crippen LogP contribution in [0.25, 0.3) is 0 Å². The van der Waals surface area contributed by atoms with Crippen molar-refractivity contribution in [1.82, 2.24) is 14.5 Å². The molecule has 0 radical (unpaired) electrons. The van der Waals surface area contributed by atoms with Crippen LogP contribution in [0.4, 0.5) is 9.59 Å². The predicted molar refractivity (Wildman–Crippen MR) is 135 cm³/mol. The quantitative estimate of drug-likeness (QED) is 0.489. The molecule has 2 atom stereocenters. The molecule has 0 spiro atoms. The third-order valence-electron chi connectivity index (χ3n) is 7.11. The van der Waals surface area contributed by atoms with E-state index in [4.69, 9.17) is 9.47 Å². The molecule has 36 heavy (non-hydrogen) atoms. The fourth-order valence-electron chi connectivity index (χ4n) is 5.06. The van der Waals surface area contributed by atoms with Crippen molar-refractivity contribution in [2.45, 2.75) is 116 Å². The van der Waals surface area contributed by atoms with Crippen LogP contribution < -0.4 is 0 Å². The summed E-state index contributed by atoms with van der Waals surface area (Å²) in [5.74, 6) is -0.238. The highest BCUT2D eigenvalue weighted by Crippen LogP contribution is 2.56. The summed E-state index contributed by atoms with van der Waals surface area (Å²) in [7, 11) is 0. The molecule has 1 N–H and O–H groups in total. The van der Waals surface area contributed by atoms with Gasteiger partial charge < -0.3 is 19.1 Å². The van der Waals surface area contributed by atoms with E-state index in [1.165, 1.54) is 12.8 Å². The summed E-state index contributed by atoms with van der Waals surface area (Å²) in [6, 6.07) is 0.377. The number of hydrogen-bond acceptors (Lipinski definition) is 6. The number of imide groups is 1. The standard InChI is InChI=1S/C27H43N3O6/c1-18-10-12-20(13-11-18)29-16-21(28-17-29)27(22(31)32)15-19(27)9-8-14-30(23(33)35-25(2,3)4)24(34)36-26(5,6)7/h16-20H,8-15H2,1-7H3,(H,31,32)/t18?,19-,20?,27+/m0/s1. The molecule has 2 aliphatic rings. The van der Waals surface area contributed by atoms with Gasteiger partial charge in [0.1, 0.15) is 16.6 Å². The summed E-state index contributed by atoms with van der Waals surface area (Å²) in [6.45, 7) is 12.8. The highest BCUT2D eigenvalue weighted by Gasteiger charge is 2.62. The third-order valence-corrected chi connectivity index (χ3v) is 7.11. The predicted octanol–water partition coefficient (Wildman–Crippen LogP) is 5.93. The smallest absolute Gasteiger partial charge is 0.419 e. The molecule has 9 nitrogen and oxygen atoms in total. The van der Waals surface area contributed by atoms with E-state index in [0.717, 1.165) is 23.7 Å². The van der Waals surface area contributed by atoms with Gasteiger partial charge in [-0.25, -0.2) is 19.5 Å². The SMILES string of the molecule is CC1CCC(n2cnc([C@@]3(C(=O)O)C[C@@H]3CCCN(C(=O)OC(C)(C)C)C(=O)OC(C)(C)C)c2)CC1. The van der Waals surface area contributed by atoms with Crippen LogP contribution in [-0.4, -0.2) is 55.5 Å². The molecule has 2 saturated carbocycles. The fourth-order valence-corrected chi connectivity index (χ4v) is 5.06. The first-order chi connectivity index (χ1) is 16.6. The lowest BCUT2D eigenvalue weighted by molar-refractivity contribution is -0.140. The second-order valence-corrected chi connectivity index (χ2v) is 12.6. The molecule has 2 aliphatic carbocycles. The Morgan fingerprint density at radius 2 is 1.61 bits per heavy atom. The van der Waals surface area contributed by atoms with Crippen molar-refractivity contribution in [2.24, 2.45) is 11.8 Å². The number of ether oxygens (including phenoxy) is 2. The zero-order valence-electron chi connectivity index (χ0n) is 22.9. The summed E-state index contributed by atoms with van der Waals surface area (Å²) in [5.41, 5.74) is -1.92. The normalized spacial score (nSPS) is 26.2. The Kier molecular flexibility index (Phi) is 8.10.